The van der Waals surface area contributed by atoms with Crippen molar-refractivity contribution in [3.8, 4) is 0 Å². The Labute approximate surface area is 127 Å². The van der Waals surface area contributed by atoms with Crippen molar-refractivity contribution in [1.29, 1.82) is 0 Å². The Kier molecular flexibility index (Phi) is 4.66. The number of aromatic nitrogens is 3. The molecule has 6 heteroatoms. The van der Waals surface area contributed by atoms with Gasteiger partial charge in [0.25, 0.3) is 0 Å². The van der Waals surface area contributed by atoms with Gasteiger partial charge in [0.1, 0.15) is 5.82 Å². The van der Waals surface area contributed by atoms with Gasteiger partial charge >= 0.3 is 0 Å². The van der Waals surface area contributed by atoms with Crippen LogP contribution in [0.15, 0.2) is 18.2 Å². The molecule has 0 aliphatic heterocycles. The Bertz CT molecular complexity index is 631. The fourth-order valence-corrected chi connectivity index (χ4v) is 2.57. The first kappa shape index (κ1) is 14.6. The van der Waals surface area contributed by atoms with E-state index in [4.69, 9.17) is 35.4 Å². The third-order valence-corrected chi connectivity index (χ3v) is 3.65. The van der Waals surface area contributed by atoms with Crippen molar-refractivity contribution in [3.05, 3.63) is 44.4 Å². The smallest absolute Gasteiger partial charge is 0.195 e. The molecule has 1 heterocycles. The van der Waals surface area contributed by atoms with Crippen molar-refractivity contribution in [2.45, 2.75) is 26.8 Å². The zero-order valence-corrected chi connectivity index (χ0v) is 13.1. The fraction of sp³-hybridized carbons (Fsp3) is 0.385. The van der Waals surface area contributed by atoms with E-state index in [0.29, 0.717) is 27.2 Å². The summed E-state index contributed by atoms with van der Waals surface area (Å²) in [6.07, 6.45) is 0.635. The van der Waals surface area contributed by atoms with Gasteiger partial charge in [-0.1, -0.05) is 43.1 Å². The summed E-state index contributed by atoms with van der Waals surface area (Å²) in [6, 6.07) is 5.49. The molecule has 0 aliphatic rings. The SMILES string of the molecule is CC(C)Cn1c(Cc2ccc(Cl)cc2Cl)n[nH]c1=S. The van der Waals surface area contributed by atoms with Crippen molar-refractivity contribution < 1.29 is 0 Å². The quantitative estimate of drug-likeness (QED) is 0.843. The number of H-pyrrole nitrogens is 1. The van der Waals surface area contributed by atoms with Crippen LogP contribution in [0, 0.1) is 10.7 Å². The second kappa shape index (κ2) is 6.07. The molecule has 3 nitrogen and oxygen atoms in total. The molecule has 2 aromatic rings. The van der Waals surface area contributed by atoms with Gasteiger partial charge in [-0.05, 0) is 35.8 Å². The number of nitrogens with one attached hydrogen (secondary N) is 1. The number of halogens is 2. The minimum absolute atomic E-state index is 0.503. The van der Waals surface area contributed by atoms with E-state index in [0.717, 1.165) is 17.9 Å². The van der Waals surface area contributed by atoms with Crippen molar-refractivity contribution in [2.75, 3.05) is 0 Å². The first-order valence-corrected chi connectivity index (χ1v) is 7.22. The molecule has 1 aromatic carbocycles. The largest absolute Gasteiger partial charge is 0.304 e. The first-order valence-electron chi connectivity index (χ1n) is 6.05. The lowest BCUT2D eigenvalue weighted by molar-refractivity contribution is 0.505. The summed E-state index contributed by atoms with van der Waals surface area (Å²) in [5.74, 6) is 1.40. The topological polar surface area (TPSA) is 33.6 Å². The monoisotopic (exact) mass is 315 g/mol. The van der Waals surface area contributed by atoms with Gasteiger partial charge in [-0.2, -0.15) is 5.10 Å². The van der Waals surface area contributed by atoms with Gasteiger partial charge in [-0.15, -0.1) is 0 Å². The van der Waals surface area contributed by atoms with Gasteiger partial charge in [0.2, 0.25) is 0 Å². The van der Waals surface area contributed by atoms with Crippen LogP contribution in [0.1, 0.15) is 25.2 Å². The molecule has 0 unspecified atom stereocenters. The van der Waals surface area contributed by atoms with Gasteiger partial charge < -0.3 is 4.57 Å². The molecule has 19 heavy (non-hydrogen) atoms. The van der Waals surface area contributed by atoms with E-state index in [1.54, 1.807) is 6.07 Å². The highest BCUT2D eigenvalue weighted by molar-refractivity contribution is 7.71. The van der Waals surface area contributed by atoms with E-state index in [9.17, 15) is 0 Å². The van der Waals surface area contributed by atoms with E-state index < -0.39 is 0 Å². The Balaban J connectivity index is 2.31. The Morgan fingerprint density at radius 3 is 2.74 bits per heavy atom. The second-order valence-corrected chi connectivity index (χ2v) is 6.09. The van der Waals surface area contributed by atoms with Crippen LogP contribution in [0.25, 0.3) is 0 Å². The predicted molar refractivity (Wildman–Crippen MR) is 81.5 cm³/mol. The average Bonchev–Trinajstić information content (AvgIpc) is 2.64. The lowest BCUT2D eigenvalue weighted by Gasteiger charge is -2.10. The zero-order chi connectivity index (χ0) is 14.0. The summed E-state index contributed by atoms with van der Waals surface area (Å²) in [5.41, 5.74) is 0.991. The molecule has 0 aliphatic carbocycles. The third-order valence-electron chi connectivity index (χ3n) is 2.75. The standard InChI is InChI=1S/C13H15Cl2N3S/c1-8(2)7-18-12(16-17-13(18)19)5-9-3-4-10(14)6-11(9)15/h3-4,6,8H,5,7H2,1-2H3,(H,17,19). The summed E-state index contributed by atoms with van der Waals surface area (Å²) in [6.45, 7) is 5.14. The minimum atomic E-state index is 0.503. The summed E-state index contributed by atoms with van der Waals surface area (Å²) < 4.78 is 2.67. The molecule has 1 N–H and O–H groups in total. The Hall–Kier alpha value is -0.840. The molecular formula is C13H15Cl2N3S. The highest BCUT2D eigenvalue weighted by Gasteiger charge is 2.10. The average molecular weight is 316 g/mol. The van der Waals surface area contributed by atoms with E-state index in [1.807, 2.05) is 16.7 Å². The lowest BCUT2D eigenvalue weighted by atomic mass is 10.1. The molecule has 102 valence electrons. The number of rotatable bonds is 4. The summed E-state index contributed by atoms with van der Waals surface area (Å²) in [5, 5.41) is 8.41. The van der Waals surface area contributed by atoms with E-state index in [2.05, 4.69) is 24.0 Å². The van der Waals surface area contributed by atoms with E-state index in [1.165, 1.54) is 0 Å². The minimum Gasteiger partial charge on any atom is -0.304 e. The van der Waals surface area contributed by atoms with Crippen molar-refractivity contribution in [2.24, 2.45) is 5.92 Å². The summed E-state index contributed by atoms with van der Waals surface area (Å²) in [4.78, 5) is 0. The van der Waals surface area contributed by atoms with Crippen LogP contribution in [0.4, 0.5) is 0 Å². The third kappa shape index (κ3) is 3.59. The van der Waals surface area contributed by atoms with Gasteiger partial charge in [0, 0.05) is 23.0 Å². The van der Waals surface area contributed by atoms with E-state index in [-0.39, 0.29) is 0 Å². The number of nitrogens with zero attached hydrogens (tertiary/aromatic N) is 2. The van der Waals surface area contributed by atoms with Crippen LogP contribution in [0.2, 0.25) is 10.0 Å². The van der Waals surface area contributed by atoms with Gasteiger partial charge in [0.15, 0.2) is 4.77 Å². The summed E-state index contributed by atoms with van der Waals surface area (Å²) >= 11 is 17.3. The maximum absolute atomic E-state index is 6.19. The van der Waals surface area contributed by atoms with Crippen molar-refractivity contribution >= 4 is 35.4 Å². The number of aromatic amines is 1. The van der Waals surface area contributed by atoms with Crippen LogP contribution in [0.5, 0.6) is 0 Å². The number of benzene rings is 1. The van der Waals surface area contributed by atoms with Crippen molar-refractivity contribution in [1.82, 2.24) is 14.8 Å². The maximum atomic E-state index is 6.19. The number of hydrogen-bond acceptors (Lipinski definition) is 2. The maximum Gasteiger partial charge on any atom is 0.195 e. The molecule has 0 amide bonds. The molecule has 0 saturated carbocycles. The molecule has 0 saturated heterocycles. The predicted octanol–water partition coefficient (Wildman–Crippen LogP) is 4.49. The summed E-state index contributed by atoms with van der Waals surface area (Å²) in [7, 11) is 0. The zero-order valence-electron chi connectivity index (χ0n) is 10.8. The molecule has 2 rings (SSSR count). The van der Waals surface area contributed by atoms with Gasteiger partial charge in [-0.25, -0.2) is 0 Å². The molecule has 0 spiro atoms. The Morgan fingerprint density at radius 1 is 1.37 bits per heavy atom. The highest BCUT2D eigenvalue weighted by Crippen LogP contribution is 2.23. The van der Waals surface area contributed by atoms with Gasteiger partial charge in [-0.3, -0.25) is 5.10 Å². The van der Waals surface area contributed by atoms with Crippen molar-refractivity contribution in [3.63, 3.8) is 0 Å². The second-order valence-electron chi connectivity index (χ2n) is 4.86. The number of hydrogen-bond donors (Lipinski definition) is 1. The molecule has 0 bridgehead atoms. The molecule has 0 atom stereocenters. The molecule has 0 fully saturated rings. The van der Waals surface area contributed by atoms with Crippen LogP contribution in [0.3, 0.4) is 0 Å². The first-order chi connectivity index (χ1) is 8.97. The highest BCUT2D eigenvalue weighted by atomic mass is 35.5. The molecular weight excluding hydrogens is 301 g/mol. The van der Waals surface area contributed by atoms with E-state index >= 15 is 0 Å². The van der Waals surface area contributed by atoms with Crippen LogP contribution < -0.4 is 0 Å². The fourth-order valence-electron chi connectivity index (χ4n) is 1.87. The van der Waals surface area contributed by atoms with Gasteiger partial charge in [0.05, 0.1) is 0 Å². The van der Waals surface area contributed by atoms with Crippen LogP contribution >= 0.6 is 35.4 Å². The lowest BCUT2D eigenvalue weighted by Crippen LogP contribution is -2.09. The van der Waals surface area contributed by atoms with Crippen LogP contribution in [-0.2, 0) is 13.0 Å². The molecule has 0 radical (unpaired) electrons. The normalized spacial score (nSPS) is 11.2. The van der Waals surface area contributed by atoms with Crippen LogP contribution in [-0.4, -0.2) is 14.8 Å². The Morgan fingerprint density at radius 2 is 2.11 bits per heavy atom. The molecule has 1 aromatic heterocycles.